The second-order valence-electron chi connectivity index (χ2n) is 8.55. The van der Waals surface area contributed by atoms with Gasteiger partial charge in [-0.2, -0.15) is 0 Å². The number of hydrogen-bond acceptors (Lipinski definition) is 5. The van der Waals surface area contributed by atoms with Crippen LogP contribution in [-0.4, -0.2) is 23.4 Å². The highest BCUT2D eigenvalue weighted by molar-refractivity contribution is 6.51. The van der Waals surface area contributed by atoms with Gasteiger partial charge >= 0.3 is 0 Å². The van der Waals surface area contributed by atoms with Gasteiger partial charge in [0.1, 0.15) is 40.7 Å². The average Bonchev–Trinajstić information content (AvgIpc) is 3.35. The molecule has 0 bridgehead atoms. The minimum Gasteiger partial charge on any atom is -0.507 e. The molecule has 1 aliphatic rings. The van der Waals surface area contributed by atoms with Crippen LogP contribution in [0.25, 0.3) is 5.76 Å². The number of carbonyl (C=O) groups is 2. The summed E-state index contributed by atoms with van der Waals surface area (Å²) in [5, 5.41) is 11.3. The van der Waals surface area contributed by atoms with Gasteiger partial charge in [-0.25, -0.2) is 8.78 Å². The molecule has 1 fully saturated rings. The number of aliphatic hydroxyl groups excluding tert-OH is 1. The number of aliphatic hydroxyl groups is 1. The highest BCUT2D eigenvalue weighted by Crippen LogP contribution is 2.44. The third-order valence-electron chi connectivity index (χ3n) is 5.85. The molecule has 35 heavy (non-hydrogen) atoms. The predicted octanol–water partition coefficient (Wildman–Crippen LogP) is 6.01. The molecule has 4 rings (SSSR count). The van der Waals surface area contributed by atoms with Crippen LogP contribution in [0.4, 0.5) is 14.5 Å². The Kier molecular flexibility index (Phi) is 6.47. The zero-order valence-corrected chi connectivity index (χ0v) is 19.8. The molecular weight excluding hydrogens is 456 g/mol. The Bertz CT molecular complexity index is 1340. The predicted molar refractivity (Wildman–Crippen MR) is 126 cm³/mol. The van der Waals surface area contributed by atoms with Crippen LogP contribution in [0, 0.1) is 18.6 Å². The van der Waals surface area contributed by atoms with Crippen LogP contribution in [-0.2, 0) is 9.59 Å². The number of nitrogens with zero attached hydrogens (tertiary/aromatic N) is 1. The fourth-order valence-electron chi connectivity index (χ4n) is 4.22. The number of rotatable bonds is 6. The molecule has 1 N–H and O–H groups in total. The Morgan fingerprint density at radius 1 is 1.11 bits per heavy atom. The van der Waals surface area contributed by atoms with Crippen molar-refractivity contribution in [1.29, 1.82) is 0 Å². The molecule has 0 aliphatic carbocycles. The number of anilines is 1. The molecule has 182 valence electrons. The Hall–Kier alpha value is -3.94. The summed E-state index contributed by atoms with van der Waals surface area (Å²) in [5.74, 6) is -3.02. The van der Waals surface area contributed by atoms with Crippen LogP contribution in [0.5, 0.6) is 5.75 Å². The highest BCUT2D eigenvalue weighted by atomic mass is 19.1. The Morgan fingerprint density at radius 2 is 1.86 bits per heavy atom. The molecule has 1 unspecified atom stereocenters. The molecule has 1 saturated heterocycles. The zero-order chi connectivity index (χ0) is 25.4. The van der Waals surface area contributed by atoms with E-state index < -0.39 is 35.1 Å². The minimum atomic E-state index is -1.25. The number of aryl methyl sites for hydroxylation is 1. The molecular formula is C27H25F2NO5. The first kappa shape index (κ1) is 24.2. The molecule has 1 aromatic heterocycles. The molecule has 1 atom stereocenters. The second kappa shape index (κ2) is 9.37. The molecule has 2 heterocycles. The lowest BCUT2D eigenvalue weighted by atomic mass is 9.95. The molecule has 2 aromatic carbocycles. The monoisotopic (exact) mass is 481 g/mol. The molecule has 1 amide bonds. The van der Waals surface area contributed by atoms with Gasteiger partial charge in [0.2, 0.25) is 0 Å². The van der Waals surface area contributed by atoms with Crippen LogP contribution < -0.4 is 9.64 Å². The number of hydrogen-bond donors (Lipinski definition) is 1. The summed E-state index contributed by atoms with van der Waals surface area (Å²) in [5.41, 5.74) is 0.538. The SMILES string of the molecule is CCOc1ccc(/C(O)=C2/C(=O)C(=O)N(c3ccc(F)cc3F)C2c2ccc(C)o2)cc1C(C)C. The van der Waals surface area contributed by atoms with E-state index in [0.29, 0.717) is 29.7 Å². The molecule has 8 heteroatoms. The van der Waals surface area contributed by atoms with E-state index in [-0.39, 0.29) is 22.9 Å². The maximum atomic E-state index is 14.7. The van der Waals surface area contributed by atoms with Gasteiger partial charge in [0.25, 0.3) is 11.7 Å². The van der Waals surface area contributed by atoms with Gasteiger partial charge in [0, 0.05) is 11.6 Å². The molecule has 6 nitrogen and oxygen atoms in total. The largest absolute Gasteiger partial charge is 0.507 e. The summed E-state index contributed by atoms with van der Waals surface area (Å²) in [6, 6.07) is 9.59. The van der Waals surface area contributed by atoms with Crippen LogP contribution in [0.15, 0.2) is 58.5 Å². The number of amides is 1. The summed E-state index contributed by atoms with van der Waals surface area (Å²) < 4.78 is 39.7. The zero-order valence-electron chi connectivity index (χ0n) is 19.8. The van der Waals surface area contributed by atoms with Gasteiger partial charge in [-0.1, -0.05) is 13.8 Å². The second-order valence-corrected chi connectivity index (χ2v) is 8.55. The van der Waals surface area contributed by atoms with Crippen LogP contribution in [0.3, 0.4) is 0 Å². The van der Waals surface area contributed by atoms with Crippen molar-refractivity contribution in [3.8, 4) is 5.75 Å². The lowest BCUT2D eigenvalue weighted by Gasteiger charge is -2.24. The summed E-state index contributed by atoms with van der Waals surface area (Å²) in [6.45, 7) is 7.92. The Balaban J connectivity index is 1.93. The number of benzene rings is 2. The number of ether oxygens (including phenoxy) is 1. The van der Waals surface area contributed by atoms with E-state index in [1.807, 2.05) is 20.8 Å². The van der Waals surface area contributed by atoms with Crippen LogP contribution in [0.2, 0.25) is 0 Å². The molecule has 0 radical (unpaired) electrons. The van der Waals surface area contributed by atoms with Crippen molar-refractivity contribution in [2.75, 3.05) is 11.5 Å². The third-order valence-corrected chi connectivity index (χ3v) is 5.85. The number of halogens is 2. The van der Waals surface area contributed by atoms with Gasteiger partial charge in [-0.05, 0) is 67.8 Å². The van der Waals surface area contributed by atoms with Crippen molar-refractivity contribution in [2.24, 2.45) is 0 Å². The van der Waals surface area contributed by atoms with Crippen LogP contribution >= 0.6 is 0 Å². The summed E-state index contributed by atoms with van der Waals surface area (Å²) in [6.07, 6.45) is 0. The lowest BCUT2D eigenvalue weighted by Crippen LogP contribution is -2.30. The van der Waals surface area contributed by atoms with Crippen LogP contribution in [0.1, 0.15) is 55.4 Å². The van der Waals surface area contributed by atoms with Gasteiger partial charge in [0.15, 0.2) is 0 Å². The van der Waals surface area contributed by atoms with E-state index in [4.69, 9.17) is 9.15 Å². The van der Waals surface area contributed by atoms with Gasteiger partial charge in [-0.15, -0.1) is 0 Å². The number of furan rings is 1. The van der Waals surface area contributed by atoms with E-state index in [0.717, 1.165) is 22.6 Å². The van der Waals surface area contributed by atoms with Crippen molar-refractivity contribution in [3.05, 3.63) is 88.4 Å². The molecule has 0 spiro atoms. The van der Waals surface area contributed by atoms with Gasteiger partial charge in [0.05, 0.1) is 17.9 Å². The topological polar surface area (TPSA) is 80.0 Å². The fraction of sp³-hybridized carbons (Fsp3) is 0.259. The number of ketones is 1. The molecule has 0 saturated carbocycles. The molecule has 3 aromatic rings. The van der Waals surface area contributed by atoms with Crippen molar-refractivity contribution < 1.29 is 32.6 Å². The molecule has 1 aliphatic heterocycles. The number of carbonyl (C=O) groups excluding carboxylic acids is 2. The van der Waals surface area contributed by atoms with E-state index >= 15 is 0 Å². The third kappa shape index (κ3) is 4.32. The Morgan fingerprint density at radius 3 is 2.46 bits per heavy atom. The van der Waals surface area contributed by atoms with E-state index in [1.165, 1.54) is 0 Å². The van der Waals surface area contributed by atoms with E-state index in [1.54, 1.807) is 37.3 Å². The first-order chi connectivity index (χ1) is 16.6. The highest BCUT2D eigenvalue weighted by Gasteiger charge is 2.49. The first-order valence-electron chi connectivity index (χ1n) is 11.2. The van der Waals surface area contributed by atoms with E-state index in [2.05, 4.69) is 0 Å². The summed E-state index contributed by atoms with van der Waals surface area (Å²) in [7, 11) is 0. The summed E-state index contributed by atoms with van der Waals surface area (Å²) >= 11 is 0. The van der Waals surface area contributed by atoms with Crippen molar-refractivity contribution in [1.82, 2.24) is 0 Å². The van der Waals surface area contributed by atoms with Gasteiger partial charge < -0.3 is 14.3 Å². The van der Waals surface area contributed by atoms with Crippen molar-refractivity contribution in [2.45, 2.75) is 39.7 Å². The minimum absolute atomic E-state index is 0.0449. The maximum Gasteiger partial charge on any atom is 0.300 e. The Labute approximate surface area is 201 Å². The number of Topliss-reactive ketones (excluding diaryl/α,β-unsaturated/α-hetero) is 1. The quantitative estimate of drug-likeness (QED) is 0.265. The smallest absolute Gasteiger partial charge is 0.300 e. The van der Waals surface area contributed by atoms with Crippen molar-refractivity contribution in [3.63, 3.8) is 0 Å². The average molecular weight is 481 g/mol. The fourth-order valence-corrected chi connectivity index (χ4v) is 4.22. The standard InChI is InChI=1S/C27H25F2NO5/c1-5-34-21-11-7-16(12-18(21)14(2)3)25(31)23-24(22-10-6-15(4)35-22)30(27(33)26(23)32)20-9-8-17(28)13-19(20)29/h6-14,24,31H,5H2,1-4H3/b25-23-. The first-order valence-corrected chi connectivity index (χ1v) is 11.2. The lowest BCUT2D eigenvalue weighted by molar-refractivity contribution is -0.132. The van der Waals surface area contributed by atoms with E-state index in [9.17, 15) is 23.5 Å². The van der Waals surface area contributed by atoms with Crippen molar-refractivity contribution >= 4 is 23.1 Å². The summed E-state index contributed by atoms with van der Waals surface area (Å²) in [4.78, 5) is 27.2. The van der Waals surface area contributed by atoms with Gasteiger partial charge in [-0.3, -0.25) is 14.5 Å². The normalized spacial score (nSPS) is 17.5. The maximum absolute atomic E-state index is 14.7.